The molecule has 2 unspecified atom stereocenters. The van der Waals surface area contributed by atoms with Crippen LogP contribution < -0.4 is 0 Å². The largest absolute Gasteiger partial charge is 0.299 e. The van der Waals surface area contributed by atoms with Gasteiger partial charge in [-0.3, -0.25) is 4.79 Å². The normalized spacial score (nSPS) is 34.8. The van der Waals surface area contributed by atoms with Crippen LogP contribution in [0, 0.1) is 0 Å². The maximum Gasteiger partial charge on any atom is 0.143 e. The van der Waals surface area contributed by atoms with Gasteiger partial charge >= 0.3 is 0 Å². The molecule has 1 fully saturated rings. The van der Waals surface area contributed by atoms with Crippen LogP contribution in [-0.4, -0.2) is 21.0 Å². The van der Waals surface area contributed by atoms with Crippen molar-refractivity contribution in [2.75, 3.05) is 5.75 Å². The van der Waals surface area contributed by atoms with E-state index in [2.05, 4.69) is 0 Å². The van der Waals surface area contributed by atoms with E-state index < -0.39 is 9.83 Å². The van der Waals surface area contributed by atoms with Crippen LogP contribution in [0.5, 0.6) is 0 Å². The molecule has 1 aliphatic heterocycles. The van der Waals surface area contributed by atoms with E-state index >= 15 is 0 Å². The van der Waals surface area contributed by atoms with Crippen LogP contribution >= 0.6 is 10.8 Å². The third kappa shape index (κ3) is 1.79. The molecule has 2 nitrogen and oxygen atoms in total. The lowest BCUT2D eigenvalue weighted by Crippen LogP contribution is -2.08. The van der Waals surface area contributed by atoms with Crippen molar-refractivity contribution in [3.8, 4) is 0 Å². The minimum absolute atomic E-state index is 0.0193. The average molecular weight is 164 g/mol. The highest BCUT2D eigenvalue weighted by atomic mass is 33.1. The van der Waals surface area contributed by atoms with Crippen molar-refractivity contribution in [1.82, 2.24) is 0 Å². The summed E-state index contributed by atoms with van der Waals surface area (Å²) in [5.74, 6) is 0.848. The molecule has 52 valence electrons. The van der Waals surface area contributed by atoms with E-state index in [1.165, 1.54) is 10.8 Å². The molecule has 2 atom stereocenters. The summed E-state index contributed by atoms with van der Waals surface area (Å²) in [6.07, 6.45) is 0.798. The number of carbonyl (C=O) groups excluding carboxylic acids is 1. The summed E-state index contributed by atoms with van der Waals surface area (Å²) < 4.78 is 10.7. The Kier molecular flexibility index (Phi) is 2.29. The number of ketones is 1. The smallest absolute Gasteiger partial charge is 0.143 e. The van der Waals surface area contributed by atoms with Gasteiger partial charge in [-0.05, 0) is 13.3 Å². The van der Waals surface area contributed by atoms with Crippen LogP contribution in [-0.2, 0) is 14.6 Å². The predicted molar refractivity (Wildman–Crippen MR) is 39.7 cm³/mol. The number of hydrogen-bond donors (Lipinski definition) is 0. The molecule has 0 aromatic heterocycles. The summed E-state index contributed by atoms with van der Waals surface area (Å²) in [6, 6.07) is 0. The molecule has 1 aliphatic rings. The molecular weight excluding hydrogens is 156 g/mol. The summed E-state index contributed by atoms with van der Waals surface area (Å²) in [5.41, 5.74) is 0. The summed E-state index contributed by atoms with van der Waals surface area (Å²) in [7, 11) is 0.519. The van der Waals surface area contributed by atoms with E-state index in [1.54, 1.807) is 6.92 Å². The van der Waals surface area contributed by atoms with Crippen LogP contribution in [0.4, 0.5) is 0 Å². The lowest BCUT2D eigenvalue weighted by atomic mass is 10.2. The van der Waals surface area contributed by atoms with Crippen molar-refractivity contribution in [2.45, 2.75) is 18.6 Å². The van der Waals surface area contributed by atoms with Gasteiger partial charge in [-0.25, -0.2) is 4.21 Å². The highest BCUT2D eigenvalue weighted by Gasteiger charge is 2.25. The van der Waals surface area contributed by atoms with Crippen molar-refractivity contribution in [3.05, 3.63) is 0 Å². The zero-order valence-corrected chi connectivity index (χ0v) is 6.76. The van der Waals surface area contributed by atoms with Crippen LogP contribution in [0.2, 0.25) is 0 Å². The molecule has 0 aromatic rings. The molecule has 9 heavy (non-hydrogen) atoms. The third-order valence-corrected chi connectivity index (χ3v) is 4.65. The molecular formula is C5H8O2S2. The van der Waals surface area contributed by atoms with Crippen LogP contribution in [0.3, 0.4) is 0 Å². The molecule has 1 heterocycles. The third-order valence-electron chi connectivity index (χ3n) is 1.22. The molecule has 0 saturated carbocycles. The Morgan fingerprint density at radius 3 is 2.67 bits per heavy atom. The van der Waals surface area contributed by atoms with Crippen molar-refractivity contribution in [2.24, 2.45) is 0 Å². The van der Waals surface area contributed by atoms with Crippen molar-refractivity contribution >= 4 is 26.4 Å². The summed E-state index contributed by atoms with van der Waals surface area (Å²) in [5, 5.41) is 0.0193. The van der Waals surface area contributed by atoms with Crippen molar-refractivity contribution in [3.63, 3.8) is 0 Å². The molecule has 0 aliphatic carbocycles. The highest BCUT2D eigenvalue weighted by molar-refractivity contribution is 8.70. The summed E-state index contributed by atoms with van der Waals surface area (Å²) in [4.78, 5) is 10.6. The van der Waals surface area contributed by atoms with Gasteiger partial charge in [-0.1, -0.05) is 10.8 Å². The fourth-order valence-electron chi connectivity index (χ4n) is 0.700. The molecule has 0 N–H and O–H groups in total. The fourth-order valence-corrected chi connectivity index (χ4v) is 4.03. The molecule has 0 aromatic carbocycles. The Morgan fingerprint density at radius 2 is 2.44 bits per heavy atom. The van der Waals surface area contributed by atoms with Gasteiger partial charge in [0.15, 0.2) is 0 Å². The van der Waals surface area contributed by atoms with Crippen molar-refractivity contribution in [1.29, 1.82) is 0 Å². The van der Waals surface area contributed by atoms with Crippen molar-refractivity contribution < 1.29 is 9.00 Å². The van der Waals surface area contributed by atoms with Crippen LogP contribution in [0.25, 0.3) is 0 Å². The number of carbonyl (C=O) groups is 1. The van der Waals surface area contributed by atoms with Gasteiger partial charge in [0.25, 0.3) is 0 Å². The molecule has 0 bridgehead atoms. The second-order valence-corrected chi connectivity index (χ2v) is 5.46. The quantitative estimate of drug-likeness (QED) is 0.536. The van der Waals surface area contributed by atoms with E-state index in [4.69, 9.17) is 0 Å². The molecule has 1 saturated heterocycles. The van der Waals surface area contributed by atoms with Gasteiger partial charge in [0.05, 0.1) is 15.1 Å². The zero-order chi connectivity index (χ0) is 6.85. The first-order valence-corrected chi connectivity index (χ1v) is 5.47. The molecule has 0 amide bonds. The highest BCUT2D eigenvalue weighted by Crippen LogP contribution is 2.28. The number of rotatable bonds is 1. The average Bonchev–Trinajstić information content (AvgIpc) is 2.14. The Balaban J connectivity index is 2.48. The Morgan fingerprint density at radius 1 is 1.78 bits per heavy atom. The minimum atomic E-state index is -0.778. The van der Waals surface area contributed by atoms with E-state index in [9.17, 15) is 9.00 Å². The zero-order valence-electron chi connectivity index (χ0n) is 5.12. The topological polar surface area (TPSA) is 34.1 Å². The number of hydrogen-bond acceptors (Lipinski definition) is 3. The van der Waals surface area contributed by atoms with E-state index in [0.717, 1.165) is 6.42 Å². The van der Waals surface area contributed by atoms with Gasteiger partial charge in [0, 0.05) is 5.75 Å². The first kappa shape index (κ1) is 7.28. The SMILES string of the molecule is CC(=O)C1CCS(=O)S1. The Bertz CT molecular complexity index is 155. The first-order valence-electron chi connectivity index (χ1n) is 2.76. The second-order valence-electron chi connectivity index (χ2n) is 1.99. The van der Waals surface area contributed by atoms with Crippen LogP contribution in [0.15, 0.2) is 0 Å². The minimum Gasteiger partial charge on any atom is -0.299 e. The lowest BCUT2D eigenvalue weighted by Gasteiger charge is -1.96. The standard InChI is InChI=1S/C5H8O2S2/c1-4(6)5-2-3-9(7)8-5/h5H,2-3H2,1H3. The van der Waals surface area contributed by atoms with E-state index in [0.29, 0.717) is 5.75 Å². The number of Topliss-reactive ketones (excluding diaryl/α,β-unsaturated/α-hetero) is 1. The predicted octanol–water partition coefficient (Wildman–Crippen LogP) is 0.745. The summed E-state index contributed by atoms with van der Waals surface area (Å²) >= 11 is 0. The second kappa shape index (κ2) is 2.84. The molecule has 0 spiro atoms. The maximum atomic E-state index is 10.7. The van der Waals surface area contributed by atoms with E-state index in [-0.39, 0.29) is 11.0 Å². The Labute approximate surface area is 60.3 Å². The monoisotopic (exact) mass is 164 g/mol. The molecule has 0 radical (unpaired) electrons. The summed E-state index contributed by atoms with van der Waals surface area (Å²) in [6.45, 7) is 1.56. The van der Waals surface area contributed by atoms with Gasteiger partial charge in [0.1, 0.15) is 5.78 Å². The van der Waals surface area contributed by atoms with Gasteiger partial charge in [-0.15, -0.1) is 0 Å². The van der Waals surface area contributed by atoms with Gasteiger partial charge < -0.3 is 0 Å². The molecule has 1 rings (SSSR count). The maximum absolute atomic E-state index is 10.7. The fraction of sp³-hybridized carbons (Fsp3) is 0.800. The van der Waals surface area contributed by atoms with Gasteiger partial charge in [0.2, 0.25) is 0 Å². The van der Waals surface area contributed by atoms with Gasteiger partial charge in [-0.2, -0.15) is 0 Å². The van der Waals surface area contributed by atoms with E-state index in [1.807, 2.05) is 0 Å². The molecule has 4 heteroatoms. The first-order chi connectivity index (χ1) is 4.20. The Hall–Kier alpha value is 0.170. The van der Waals surface area contributed by atoms with Crippen LogP contribution in [0.1, 0.15) is 13.3 Å². The lowest BCUT2D eigenvalue weighted by molar-refractivity contribution is -0.116.